The first-order valence-electron chi connectivity index (χ1n) is 7.32. The Kier molecular flexibility index (Phi) is 5.28. The van der Waals surface area contributed by atoms with Crippen LogP contribution < -0.4 is 4.74 Å². The van der Waals surface area contributed by atoms with Crippen molar-refractivity contribution in [2.24, 2.45) is 0 Å². The smallest absolute Gasteiger partial charge is 0.322 e. The van der Waals surface area contributed by atoms with Crippen molar-refractivity contribution >= 4 is 16.0 Å². The highest BCUT2D eigenvalue weighted by molar-refractivity contribution is 7.89. The summed E-state index contributed by atoms with van der Waals surface area (Å²) in [6, 6.07) is 3.65. The van der Waals surface area contributed by atoms with Gasteiger partial charge in [-0.25, -0.2) is 8.42 Å². The fourth-order valence-corrected chi connectivity index (χ4v) is 4.59. The summed E-state index contributed by atoms with van der Waals surface area (Å²) in [5, 5.41) is 9.37. The number of ether oxygens (including phenoxy) is 2. The average Bonchev–Trinajstić information content (AvgIpc) is 2.92. The minimum absolute atomic E-state index is 0.0181. The molecule has 8 heteroatoms. The molecule has 1 fully saturated rings. The van der Waals surface area contributed by atoms with Gasteiger partial charge in [-0.05, 0) is 31.5 Å². The number of carbonyl (C=O) groups is 1. The van der Waals surface area contributed by atoms with Crippen molar-refractivity contribution in [2.75, 3.05) is 20.3 Å². The van der Waals surface area contributed by atoms with Gasteiger partial charge in [-0.1, -0.05) is 6.07 Å². The van der Waals surface area contributed by atoms with E-state index in [9.17, 15) is 18.3 Å². The maximum atomic E-state index is 13.0. The predicted molar refractivity (Wildman–Crippen MR) is 83.1 cm³/mol. The molecule has 1 saturated heterocycles. The molecule has 128 valence electrons. The summed E-state index contributed by atoms with van der Waals surface area (Å²) >= 11 is 0. The average molecular weight is 343 g/mol. The van der Waals surface area contributed by atoms with E-state index >= 15 is 0 Å². The van der Waals surface area contributed by atoms with Gasteiger partial charge in [0.15, 0.2) is 0 Å². The van der Waals surface area contributed by atoms with Crippen LogP contribution in [0.3, 0.4) is 0 Å². The number of carboxylic acids is 1. The first-order chi connectivity index (χ1) is 10.8. The van der Waals surface area contributed by atoms with Crippen molar-refractivity contribution in [2.45, 2.75) is 37.3 Å². The number of aryl methyl sites for hydroxylation is 1. The van der Waals surface area contributed by atoms with E-state index in [1.54, 1.807) is 26.0 Å². The van der Waals surface area contributed by atoms with Crippen molar-refractivity contribution in [1.82, 2.24) is 4.31 Å². The highest BCUT2D eigenvalue weighted by Gasteiger charge is 2.45. The second-order valence-corrected chi connectivity index (χ2v) is 7.26. The third-order valence-electron chi connectivity index (χ3n) is 3.81. The molecule has 0 amide bonds. The minimum Gasteiger partial charge on any atom is -0.495 e. The van der Waals surface area contributed by atoms with Crippen molar-refractivity contribution in [3.8, 4) is 5.75 Å². The highest BCUT2D eigenvalue weighted by Crippen LogP contribution is 2.33. The first-order valence-corrected chi connectivity index (χ1v) is 8.76. The molecule has 0 aromatic heterocycles. The standard InChI is InChI=1S/C15H21NO6S/c1-4-22-11-8-12(15(17)18)16(9-11)23(19,20)14-7-10(2)5-6-13(14)21-3/h5-7,11-12H,4,8-9H2,1-3H3,(H,17,18)/t11-,12+/m1/s1. The number of sulfonamides is 1. The van der Waals surface area contributed by atoms with Crippen molar-refractivity contribution in [3.63, 3.8) is 0 Å². The number of aliphatic carboxylic acids is 1. The Balaban J connectivity index is 2.45. The van der Waals surface area contributed by atoms with Crippen LogP contribution >= 0.6 is 0 Å². The van der Waals surface area contributed by atoms with E-state index in [1.165, 1.54) is 13.2 Å². The van der Waals surface area contributed by atoms with Gasteiger partial charge >= 0.3 is 5.97 Å². The topological polar surface area (TPSA) is 93.1 Å². The van der Waals surface area contributed by atoms with Gasteiger partial charge in [0.1, 0.15) is 16.7 Å². The second kappa shape index (κ2) is 6.86. The summed E-state index contributed by atoms with van der Waals surface area (Å²) in [5.74, 6) is -0.984. The molecule has 0 unspecified atom stereocenters. The lowest BCUT2D eigenvalue weighted by Crippen LogP contribution is -2.40. The Morgan fingerprint density at radius 2 is 2.13 bits per heavy atom. The lowest BCUT2D eigenvalue weighted by atomic mass is 10.2. The van der Waals surface area contributed by atoms with Crippen LogP contribution in [0.15, 0.2) is 23.1 Å². The number of hydrogen-bond acceptors (Lipinski definition) is 5. The fourth-order valence-electron chi connectivity index (χ4n) is 2.73. The molecule has 0 saturated carbocycles. The van der Waals surface area contributed by atoms with E-state index in [4.69, 9.17) is 9.47 Å². The van der Waals surface area contributed by atoms with Gasteiger partial charge in [0, 0.05) is 19.6 Å². The van der Waals surface area contributed by atoms with Crippen LogP contribution in [-0.2, 0) is 19.6 Å². The molecule has 0 radical (unpaired) electrons. The molecule has 0 spiro atoms. The number of methoxy groups -OCH3 is 1. The van der Waals surface area contributed by atoms with Crippen LogP contribution in [0.5, 0.6) is 5.75 Å². The highest BCUT2D eigenvalue weighted by atomic mass is 32.2. The number of benzene rings is 1. The maximum absolute atomic E-state index is 13.0. The molecular formula is C15H21NO6S. The van der Waals surface area contributed by atoms with Crippen LogP contribution in [0.25, 0.3) is 0 Å². The van der Waals surface area contributed by atoms with Crippen molar-refractivity contribution < 1.29 is 27.8 Å². The Morgan fingerprint density at radius 3 is 2.70 bits per heavy atom. The van der Waals surface area contributed by atoms with Crippen molar-refractivity contribution in [3.05, 3.63) is 23.8 Å². The monoisotopic (exact) mass is 343 g/mol. The molecule has 1 aromatic carbocycles. The zero-order valence-electron chi connectivity index (χ0n) is 13.4. The number of hydrogen-bond donors (Lipinski definition) is 1. The molecule has 1 N–H and O–H groups in total. The summed E-state index contributed by atoms with van der Waals surface area (Å²) in [6.45, 7) is 3.97. The molecule has 7 nitrogen and oxygen atoms in total. The Bertz CT molecular complexity index is 687. The molecule has 2 rings (SSSR count). The van der Waals surface area contributed by atoms with Gasteiger partial charge in [0.05, 0.1) is 13.2 Å². The molecule has 1 aliphatic heterocycles. The van der Waals surface area contributed by atoms with Gasteiger partial charge in [-0.15, -0.1) is 0 Å². The van der Waals surface area contributed by atoms with Gasteiger partial charge < -0.3 is 14.6 Å². The summed E-state index contributed by atoms with van der Waals surface area (Å²) in [5.41, 5.74) is 0.747. The third-order valence-corrected chi connectivity index (χ3v) is 5.71. The summed E-state index contributed by atoms with van der Waals surface area (Å²) in [7, 11) is -2.62. The molecule has 2 atom stereocenters. The molecule has 23 heavy (non-hydrogen) atoms. The molecular weight excluding hydrogens is 322 g/mol. The van der Waals surface area contributed by atoms with E-state index in [1.807, 2.05) is 0 Å². The van der Waals surface area contributed by atoms with E-state index < -0.39 is 28.1 Å². The predicted octanol–water partition coefficient (Wildman–Crippen LogP) is 1.26. The maximum Gasteiger partial charge on any atom is 0.322 e. The summed E-state index contributed by atoms with van der Waals surface area (Å²) in [6.07, 6.45) is -0.289. The molecule has 0 bridgehead atoms. The summed E-state index contributed by atoms with van der Waals surface area (Å²) in [4.78, 5) is 11.4. The van der Waals surface area contributed by atoms with E-state index in [0.29, 0.717) is 6.61 Å². The van der Waals surface area contributed by atoms with Crippen molar-refractivity contribution in [1.29, 1.82) is 0 Å². The minimum atomic E-state index is -4.00. The largest absolute Gasteiger partial charge is 0.495 e. The van der Waals surface area contributed by atoms with Gasteiger partial charge in [-0.2, -0.15) is 4.31 Å². The quantitative estimate of drug-likeness (QED) is 0.836. The van der Waals surface area contributed by atoms with Crippen LogP contribution in [0.4, 0.5) is 0 Å². The van der Waals surface area contributed by atoms with E-state index in [-0.39, 0.29) is 23.6 Å². The SMILES string of the molecule is CCO[C@@H]1C[C@@H](C(=O)O)N(S(=O)(=O)c2cc(C)ccc2OC)C1. The first kappa shape index (κ1) is 17.7. The second-order valence-electron chi connectivity index (χ2n) is 5.40. The number of nitrogens with zero attached hydrogens (tertiary/aromatic N) is 1. The van der Waals surface area contributed by atoms with Gasteiger partial charge in [-0.3, -0.25) is 4.79 Å². The van der Waals surface area contributed by atoms with Crippen LogP contribution in [0.2, 0.25) is 0 Å². The zero-order chi connectivity index (χ0) is 17.2. The normalized spacial score (nSPS) is 22.2. The Labute approximate surface area is 135 Å². The number of rotatable bonds is 6. The van der Waals surface area contributed by atoms with E-state index in [2.05, 4.69) is 0 Å². The fraction of sp³-hybridized carbons (Fsp3) is 0.533. The molecule has 1 heterocycles. The lowest BCUT2D eigenvalue weighted by molar-refractivity contribution is -0.140. The number of carboxylic acid groups (broad SMARTS) is 1. The van der Waals surface area contributed by atoms with Gasteiger partial charge in [0.25, 0.3) is 0 Å². The van der Waals surface area contributed by atoms with Crippen LogP contribution in [0, 0.1) is 6.92 Å². The third kappa shape index (κ3) is 3.49. The zero-order valence-corrected chi connectivity index (χ0v) is 14.2. The lowest BCUT2D eigenvalue weighted by Gasteiger charge is -2.22. The van der Waals surface area contributed by atoms with Gasteiger partial charge in [0.2, 0.25) is 10.0 Å². The van der Waals surface area contributed by atoms with Crippen LogP contribution in [-0.4, -0.2) is 56.2 Å². The molecule has 0 aliphatic carbocycles. The Hall–Kier alpha value is -1.64. The summed E-state index contributed by atoms with van der Waals surface area (Å²) < 4.78 is 37.5. The Morgan fingerprint density at radius 1 is 1.43 bits per heavy atom. The van der Waals surface area contributed by atoms with E-state index in [0.717, 1.165) is 9.87 Å². The molecule has 1 aliphatic rings. The van der Waals surface area contributed by atoms with Crippen LogP contribution in [0.1, 0.15) is 18.9 Å². The molecule has 1 aromatic rings.